The molecular weight excluding hydrogens is 390 g/mol. The van der Waals surface area contributed by atoms with E-state index < -0.39 is 0 Å². The molecule has 0 aliphatic rings. The first-order valence-electron chi connectivity index (χ1n) is 9.83. The molecular formula is C23H23N7O. The number of aromatic nitrogens is 4. The third kappa shape index (κ3) is 4.53. The number of amides is 1. The number of nitrogens with zero attached hydrogens (tertiary/aromatic N) is 4. The molecule has 0 atom stereocenters. The van der Waals surface area contributed by atoms with Crippen molar-refractivity contribution >= 4 is 28.7 Å². The van der Waals surface area contributed by atoms with Crippen LogP contribution in [0.2, 0.25) is 0 Å². The number of rotatable bonds is 7. The van der Waals surface area contributed by atoms with Crippen LogP contribution in [-0.2, 0) is 6.54 Å². The third-order valence-electron chi connectivity index (χ3n) is 4.69. The van der Waals surface area contributed by atoms with Gasteiger partial charge in [0.05, 0.1) is 17.8 Å². The van der Waals surface area contributed by atoms with Crippen molar-refractivity contribution in [2.24, 2.45) is 0 Å². The Bertz CT molecular complexity index is 1260. The number of benzene rings is 1. The molecule has 1 amide bonds. The van der Waals surface area contributed by atoms with Gasteiger partial charge in [-0.15, -0.1) is 10.2 Å². The zero-order valence-electron chi connectivity index (χ0n) is 17.4. The second-order valence-corrected chi connectivity index (χ2v) is 7.19. The van der Waals surface area contributed by atoms with Crippen LogP contribution in [0.15, 0.2) is 73.2 Å². The number of carbonyl (C=O) groups excluding carboxylic acids is 1. The topological polar surface area (TPSA) is 96.2 Å². The number of hydrogen-bond acceptors (Lipinski definition) is 6. The quantitative estimate of drug-likeness (QED) is 0.423. The predicted molar refractivity (Wildman–Crippen MR) is 121 cm³/mol. The zero-order valence-corrected chi connectivity index (χ0v) is 17.4. The zero-order chi connectivity index (χ0) is 21.8. The summed E-state index contributed by atoms with van der Waals surface area (Å²) < 4.78 is 1.84. The Morgan fingerprint density at radius 3 is 2.71 bits per heavy atom. The molecule has 3 aromatic heterocycles. The molecule has 0 fully saturated rings. The molecule has 0 bridgehead atoms. The maximum Gasteiger partial charge on any atom is 0.253 e. The molecule has 0 radical (unpaired) electrons. The fourth-order valence-electron chi connectivity index (χ4n) is 3.13. The Hall–Kier alpha value is -4.20. The van der Waals surface area contributed by atoms with Gasteiger partial charge in [0.2, 0.25) is 0 Å². The van der Waals surface area contributed by atoms with Gasteiger partial charge in [0, 0.05) is 23.8 Å². The van der Waals surface area contributed by atoms with Gasteiger partial charge in [0.25, 0.3) is 5.91 Å². The minimum Gasteiger partial charge on any atom is -0.357 e. The number of hydrogen-bond donors (Lipinski definition) is 3. The Morgan fingerprint density at radius 2 is 1.90 bits per heavy atom. The molecule has 0 unspecified atom stereocenters. The van der Waals surface area contributed by atoms with E-state index in [-0.39, 0.29) is 12.5 Å². The van der Waals surface area contributed by atoms with Gasteiger partial charge in [-0.05, 0) is 43.7 Å². The minimum absolute atomic E-state index is 0.247. The lowest BCUT2D eigenvalue weighted by atomic mass is 10.2. The van der Waals surface area contributed by atoms with Crippen LogP contribution in [0.4, 0.5) is 17.2 Å². The Morgan fingerprint density at radius 1 is 1.10 bits per heavy atom. The van der Waals surface area contributed by atoms with E-state index in [1.807, 2.05) is 66.9 Å². The fraction of sp³-hybridized carbons (Fsp3) is 0.130. The van der Waals surface area contributed by atoms with Crippen molar-refractivity contribution in [3.63, 3.8) is 0 Å². The smallest absolute Gasteiger partial charge is 0.253 e. The normalized spacial score (nSPS) is 10.6. The summed E-state index contributed by atoms with van der Waals surface area (Å²) in [5.74, 6) is 1.000. The summed E-state index contributed by atoms with van der Waals surface area (Å²) in [5, 5.41) is 17.6. The Balaban J connectivity index is 1.54. The van der Waals surface area contributed by atoms with Crippen LogP contribution in [0, 0.1) is 6.92 Å². The van der Waals surface area contributed by atoms with Crippen molar-refractivity contribution in [2.45, 2.75) is 20.4 Å². The van der Waals surface area contributed by atoms with Gasteiger partial charge >= 0.3 is 0 Å². The van der Waals surface area contributed by atoms with Crippen LogP contribution >= 0.6 is 0 Å². The molecule has 4 rings (SSSR count). The van der Waals surface area contributed by atoms with Gasteiger partial charge < -0.3 is 16.0 Å². The predicted octanol–water partition coefficient (Wildman–Crippen LogP) is 4.05. The first-order valence-corrected chi connectivity index (χ1v) is 9.83. The summed E-state index contributed by atoms with van der Waals surface area (Å²) in [6.07, 6.45) is 3.40. The SMILES string of the molecule is C=C(C)Nc1cc(C(=O)NCc2nnc3ccccn23)cnc1Nc1ccccc1C. The number of nitrogens with one attached hydrogen (secondary N) is 3. The van der Waals surface area contributed by atoms with E-state index in [1.165, 1.54) is 0 Å². The van der Waals surface area contributed by atoms with E-state index in [4.69, 9.17) is 0 Å². The van der Waals surface area contributed by atoms with Crippen LogP contribution in [-0.4, -0.2) is 25.5 Å². The molecule has 3 heterocycles. The molecule has 1 aromatic carbocycles. The van der Waals surface area contributed by atoms with E-state index in [0.29, 0.717) is 22.9 Å². The van der Waals surface area contributed by atoms with E-state index in [2.05, 4.69) is 37.7 Å². The summed E-state index contributed by atoms with van der Waals surface area (Å²) >= 11 is 0. The van der Waals surface area contributed by atoms with Gasteiger partial charge in [0.1, 0.15) is 0 Å². The molecule has 0 saturated heterocycles. The third-order valence-corrected chi connectivity index (χ3v) is 4.69. The monoisotopic (exact) mass is 413 g/mol. The molecule has 31 heavy (non-hydrogen) atoms. The Labute approximate surface area is 180 Å². The summed E-state index contributed by atoms with van der Waals surface area (Å²) in [6, 6.07) is 15.3. The first-order chi connectivity index (χ1) is 15.0. The molecule has 0 aliphatic heterocycles. The second-order valence-electron chi connectivity index (χ2n) is 7.19. The van der Waals surface area contributed by atoms with Crippen molar-refractivity contribution in [1.29, 1.82) is 0 Å². The number of carbonyl (C=O) groups is 1. The molecule has 156 valence electrons. The van der Waals surface area contributed by atoms with E-state index in [0.717, 1.165) is 22.6 Å². The summed E-state index contributed by atoms with van der Waals surface area (Å²) in [4.78, 5) is 17.2. The highest BCUT2D eigenvalue weighted by atomic mass is 16.1. The molecule has 8 heteroatoms. The van der Waals surface area contributed by atoms with Crippen molar-refractivity contribution in [3.8, 4) is 0 Å². The maximum atomic E-state index is 12.8. The highest BCUT2D eigenvalue weighted by molar-refractivity contribution is 5.95. The van der Waals surface area contributed by atoms with Crippen LogP contribution in [0.5, 0.6) is 0 Å². The molecule has 0 aliphatic carbocycles. The summed E-state index contributed by atoms with van der Waals surface area (Å²) in [7, 11) is 0. The van der Waals surface area contributed by atoms with Crippen LogP contribution in [0.1, 0.15) is 28.7 Å². The number of anilines is 3. The second kappa shape index (κ2) is 8.66. The molecule has 0 spiro atoms. The minimum atomic E-state index is -0.257. The number of fused-ring (bicyclic) bond motifs is 1. The van der Waals surface area contributed by atoms with Gasteiger partial charge in [0.15, 0.2) is 17.3 Å². The van der Waals surface area contributed by atoms with Crippen molar-refractivity contribution in [3.05, 3.63) is 90.2 Å². The Kier molecular flexibility index (Phi) is 5.61. The lowest BCUT2D eigenvalue weighted by molar-refractivity contribution is 0.0949. The van der Waals surface area contributed by atoms with Crippen LogP contribution < -0.4 is 16.0 Å². The molecule has 3 N–H and O–H groups in total. The van der Waals surface area contributed by atoms with Crippen LogP contribution in [0.3, 0.4) is 0 Å². The van der Waals surface area contributed by atoms with Crippen molar-refractivity contribution < 1.29 is 4.79 Å². The largest absolute Gasteiger partial charge is 0.357 e. The summed E-state index contributed by atoms with van der Waals surface area (Å²) in [6.45, 7) is 8.02. The number of para-hydroxylation sites is 1. The van der Waals surface area contributed by atoms with E-state index >= 15 is 0 Å². The van der Waals surface area contributed by atoms with Gasteiger partial charge in [-0.2, -0.15) is 0 Å². The highest BCUT2D eigenvalue weighted by Gasteiger charge is 2.13. The van der Waals surface area contributed by atoms with E-state index in [9.17, 15) is 4.79 Å². The fourth-order valence-corrected chi connectivity index (χ4v) is 3.13. The van der Waals surface area contributed by atoms with Gasteiger partial charge in [-0.1, -0.05) is 30.8 Å². The summed E-state index contributed by atoms with van der Waals surface area (Å²) in [5.41, 5.74) is 4.59. The maximum absolute atomic E-state index is 12.8. The standard InChI is InChI=1S/C23H23N7O/c1-15(2)26-19-12-17(13-24-22(19)27-18-9-5-4-8-16(18)3)23(31)25-14-21-29-28-20-10-6-7-11-30(20)21/h4-13,26H,1,14H2,2-3H3,(H,24,27)(H,25,31). The average molecular weight is 413 g/mol. The highest BCUT2D eigenvalue weighted by Crippen LogP contribution is 2.27. The first kappa shape index (κ1) is 20.1. The average Bonchev–Trinajstić information content (AvgIpc) is 3.17. The number of allylic oxidation sites excluding steroid dienone is 1. The van der Waals surface area contributed by atoms with E-state index in [1.54, 1.807) is 12.3 Å². The van der Waals surface area contributed by atoms with Crippen molar-refractivity contribution in [2.75, 3.05) is 10.6 Å². The molecule has 4 aromatic rings. The lowest BCUT2D eigenvalue weighted by Crippen LogP contribution is -2.24. The lowest BCUT2D eigenvalue weighted by Gasteiger charge is -2.15. The van der Waals surface area contributed by atoms with Crippen LogP contribution in [0.25, 0.3) is 5.65 Å². The van der Waals surface area contributed by atoms with Crippen molar-refractivity contribution in [1.82, 2.24) is 24.9 Å². The molecule has 0 saturated carbocycles. The molecule has 8 nitrogen and oxygen atoms in total. The van der Waals surface area contributed by atoms with Gasteiger partial charge in [-0.25, -0.2) is 4.98 Å². The van der Waals surface area contributed by atoms with Gasteiger partial charge in [-0.3, -0.25) is 9.20 Å². The number of pyridine rings is 2. The number of aryl methyl sites for hydroxylation is 1.